The summed E-state index contributed by atoms with van der Waals surface area (Å²) in [5, 5.41) is 1.37. The number of hydrogen-bond acceptors (Lipinski definition) is 2. The molecule has 0 fully saturated rings. The second kappa shape index (κ2) is 6.38. The van der Waals surface area contributed by atoms with Gasteiger partial charge in [-0.3, -0.25) is 4.98 Å². The maximum Gasteiger partial charge on any atom is 0.0589 e. The van der Waals surface area contributed by atoms with Crippen molar-refractivity contribution >= 4 is 23.2 Å². The van der Waals surface area contributed by atoms with Gasteiger partial charge in [0.15, 0.2) is 0 Å². The highest BCUT2D eigenvalue weighted by molar-refractivity contribution is 6.30. The highest BCUT2D eigenvalue weighted by Crippen LogP contribution is 2.25. The molecule has 2 N–H and O–H groups in total. The molecule has 2 aromatic rings. The van der Waals surface area contributed by atoms with Gasteiger partial charge in [-0.05, 0) is 43.2 Å². The summed E-state index contributed by atoms with van der Waals surface area (Å²) in [4.78, 5) is 4.33. The highest BCUT2D eigenvalue weighted by Gasteiger charge is 2.17. The van der Waals surface area contributed by atoms with E-state index in [4.69, 9.17) is 28.9 Å². The van der Waals surface area contributed by atoms with Crippen LogP contribution in [0.15, 0.2) is 42.6 Å². The molecule has 0 aliphatic rings. The summed E-state index contributed by atoms with van der Waals surface area (Å²) in [6, 6.07) is 11.6. The third kappa shape index (κ3) is 3.93. The van der Waals surface area contributed by atoms with Gasteiger partial charge in [-0.2, -0.15) is 0 Å². The number of halogens is 2. The molecule has 0 saturated carbocycles. The molecule has 0 spiro atoms. The van der Waals surface area contributed by atoms with Gasteiger partial charge < -0.3 is 5.73 Å². The fraction of sp³-hybridized carbons (Fsp3) is 0.267. The van der Waals surface area contributed by atoms with Crippen molar-refractivity contribution in [3.05, 3.63) is 63.9 Å². The van der Waals surface area contributed by atoms with Crippen LogP contribution in [0.4, 0.5) is 0 Å². The lowest BCUT2D eigenvalue weighted by Crippen LogP contribution is -2.26. The number of aromatic nitrogens is 1. The maximum atomic E-state index is 6.10. The van der Waals surface area contributed by atoms with E-state index in [0.29, 0.717) is 5.02 Å². The number of pyridine rings is 1. The lowest BCUT2D eigenvalue weighted by Gasteiger charge is -2.21. The Morgan fingerprint density at radius 3 is 2.53 bits per heavy atom. The molecule has 2 nitrogen and oxygen atoms in total. The first-order chi connectivity index (χ1) is 9.06. The Morgan fingerprint density at radius 1 is 1.16 bits per heavy atom. The molecule has 2 rings (SSSR count). The van der Waals surface area contributed by atoms with E-state index < -0.39 is 0 Å². The third-order valence-electron chi connectivity index (χ3n) is 3.13. The first-order valence-corrected chi connectivity index (χ1v) is 6.93. The van der Waals surface area contributed by atoms with Crippen molar-refractivity contribution in [1.82, 2.24) is 4.98 Å². The molecule has 0 aliphatic carbocycles. The minimum Gasteiger partial charge on any atom is -0.327 e. The number of rotatable bonds is 4. The molecule has 0 saturated heterocycles. The zero-order valence-corrected chi connectivity index (χ0v) is 12.2. The van der Waals surface area contributed by atoms with Gasteiger partial charge in [0.05, 0.1) is 5.02 Å². The van der Waals surface area contributed by atoms with Crippen molar-refractivity contribution in [2.45, 2.75) is 25.3 Å². The topological polar surface area (TPSA) is 38.9 Å². The first-order valence-electron chi connectivity index (χ1n) is 6.17. The number of nitrogens with two attached hydrogens (primary N) is 1. The second-order valence-electron chi connectivity index (χ2n) is 4.69. The highest BCUT2D eigenvalue weighted by atomic mass is 35.5. The summed E-state index contributed by atoms with van der Waals surface area (Å²) < 4.78 is 0. The first kappa shape index (κ1) is 14.3. The van der Waals surface area contributed by atoms with Gasteiger partial charge in [-0.15, -0.1) is 0 Å². The lowest BCUT2D eigenvalue weighted by atomic mass is 9.88. The van der Waals surface area contributed by atoms with Gasteiger partial charge in [-0.1, -0.05) is 35.3 Å². The summed E-state index contributed by atoms with van der Waals surface area (Å²) >= 11 is 11.9. The molecular weight excluding hydrogens is 279 g/mol. The Morgan fingerprint density at radius 2 is 1.95 bits per heavy atom. The molecule has 4 heteroatoms. The Balaban J connectivity index is 2.23. The molecule has 19 heavy (non-hydrogen) atoms. The molecule has 2 atom stereocenters. The number of hydrogen-bond donors (Lipinski definition) is 1. The standard InChI is InChI=1S/C15H16Cl2N2/c1-10(18)15(11-3-2-4-12(16)7-11)8-14-6-5-13(17)9-19-14/h2-7,9-10,15H,8,18H2,1H3. The summed E-state index contributed by atoms with van der Waals surface area (Å²) in [5.41, 5.74) is 8.22. The van der Waals surface area contributed by atoms with E-state index in [1.54, 1.807) is 6.20 Å². The quantitative estimate of drug-likeness (QED) is 0.923. The van der Waals surface area contributed by atoms with Crippen LogP contribution < -0.4 is 5.73 Å². The summed E-state index contributed by atoms with van der Waals surface area (Å²) in [5.74, 6) is 0.187. The molecule has 0 bridgehead atoms. The summed E-state index contributed by atoms with van der Waals surface area (Å²) in [6.45, 7) is 2.00. The summed E-state index contributed by atoms with van der Waals surface area (Å²) in [6.07, 6.45) is 2.43. The fourth-order valence-electron chi connectivity index (χ4n) is 2.10. The normalized spacial score (nSPS) is 14.1. The van der Waals surface area contributed by atoms with Crippen molar-refractivity contribution in [1.29, 1.82) is 0 Å². The average molecular weight is 295 g/mol. The van der Waals surface area contributed by atoms with Crippen LogP contribution in [0.1, 0.15) is 24.1 Å². The van der Waals surface area contributed by atoms with Gasteiger partial charge in [0.25, 0.3) is 0 Å². The van der Waals surface area contributed by atoms with E-state index in [0.717, 1.165) is 22.7 Å². The van der Waals surface area contributed by atoms with Crippen LogP contribution in [-0.4, -0.2) is 11.0 Å². The largest absolute Gasteiger partial charge is 0.327 e. The van der Waals surface area contributed by atoms with Crippen LogP contribution in [0.25, 0.3) is 0 Å². The fourth-order valence-corrected chi connectivity index (χ4v) is 2.41. The van der Waals surface area contributed by atoms with Crippen LogP contribution in [0, 0.1) is 0 Å². The minimum atomic E-state index is 0.0240. The van der Waals surface area contributed by atoms with Crippen LogP contribution in [-0.2, 0) is 6.42 Å². The Bertz CT molecular complexity index is 538. The van der Waals surface area contributed by atoms with Crippen molar-refractivity contribution in [2.75, 3.05) is 0 Å². The second-order valence-corrected chi connectivity index (χ2v) is 5.57. The monoisotopic (exact) mass is 294 g/mol. The van der Waals surface area contributed by atoms with Crippen molar-refractivity contribution in [2.24, 2.45) is 5.73 Å². The van der Waals surface area contributed by atoms with Crippen LogP contribution in [0.3, 0.4) is 0 Å². The zero-order valence-electron chi connectivity index (χ0n) is 10.7. The molecule has 0 amide bonds. The van der Waals surface area contributed by atoms with E-state index in [2.05, 4.69) is 11.1 Å². The van der Waals surface area contributed by atoms with Crippen LogP contribution >= 0.6 is 23.2 Å². The predicted octanol–water partition coefficient (Wildman–Crippen LogP) is 4.06. The van der Waals surface area contributed by atoms with E-state index in [1.165, 1.54) is 0 Å². The lowest BCUT2D eigenvalue weighted by molar-refractivity contribution is 0.559. The number of nitrogens with zero attached hydrogens (tertiary/aromatic N) is 1. The molecule has 100 valence electrons. The molecular formula is C15H16Cl2N2. The SMILES string of the molecule is CC(N)C(Cc1ccc(Cl)cn1)c1cccc(Cl)c1. The van der Waals surface area contributed by atoms with Crippen molar-refractivity contribution < 1.29 is 0 Å². The Kier molecular flexibility index (Phi) is 4.81. The molecule has 0 radical (unpaired) electrons. The number of benzene rings is 1. The maximum absolute atomic E-state index is 6.10. The van der Waals surface area contributed by atoms with Gasteiger partial charge >= 0.3 is 0 Å². The van der Waals surface area contributed by atoms with Crippen LogP contribution in [0.5, 0.6) is 0 Å². The van der Waals surface area contributed by atoms with Gasteiger partial charge in [0.2, 0.25) is 0 Å². The van der Waals surface area contributed by atoms with Crippen molar-refractivity contribution in [3.8, 4) is 0 Å². The van der Waals surface area contributed by atoms with Crippen LogP contribution in [0.2, 0.25) is 10.0 Å². The predicted molar refractivity (Wildman–Crippen MR) is 80.8 cm³/mol. The molecule has 1 aromatic carbocycles. The summed E-state index contributed by atoms with van der Waals surface area (Å²) in [7, 11) is 0. The zero-order chi connectivity index (χ0) is 13.8. The van der Waals surface area contributed by atoms with Crippen molar-refractivity contribution in [3.63, 3.8) is 0 Å². The van der Waals surface area contributed by atoms with E-state index in [-0.39, 0.29) is 12.0 Å². The van der Waals surface area contributed by atoms with Gasteiger partial charge in [-0.25, -0.2) is 0 Å². The van der Waals surface area contributed by atoms with E-state index in [9.17, 15) is 0 Å². The van der Waals surface area contributed by atoms with Gasteiger partial charge in [0.1, 0.15) is 0 Å². The Labute approximate surface area is 123 Å². The average Bonchev–Trinajstić information content (AvgIpc) is 2.37. The Hall–Kier alpha value is -1.09. The van der Waals surface area contributed by atoms with Gasteiger partial charge in [0, 0.05) is 28.9 Å². The molecule has 1 heterocycles. The minimum absolute atomic E-state index is 0.0240. The molecule has 2 unspecified atom stereocenters. The third-order valence-corrected chi connectivity index (χ3v) is 3.59. The van der Waals surface area contributed by atoms with E-state index in [1.807, 2.05) is 37.3 Å². The molecule has 0 aliphatic heterocycles. The molecule has 1 aromatic heterocycles. The smallest absolute Gasteiger partial charge is 0.0589 e. The van der Waals surface area contributed by atoms with E-state index >= 15 is 0 Å².